The quantitative estimate of drug-likeness (QED) is 0.567. The van der Waals surface area contributed by atoms with Crippen molar-refractivity contribution < 1.29 is 23.9 Å². The second kappa shape index (κ2) is 10.5. The first-order chi connectivity index (χ1) is 13.5. The molecule has 0 radical (unpaired) electrons. The summed E-state index contributed by atoms with van der Waals surface area (Å²) in [4.78, 5) is 36.3. The molecule has 28 heavy (non-hydrogen) atoms. The number of carbonyl (C=O) groups excluding carboxylic acids is 3. The van der Waals surface area contributed by atoms with Gasteiger partial charge in [0.2, 0.25) is 6.10 Å². The van der Waals surface area contributed by atoms with Gasteiger partial charge in [0.1, 0.15) is 5.75 Å². The molecule has 2 N–H and O–H groups in total. The number of rotatable bonds is 7. The molecule has 0 aliphatic heterocycles. The molecule has 0 aliphatic carbocycles. The topological polar surface area (TPSA) is 93.7 Å². The van der Waals surface area contributed by atoms with E-state index in [0.29, 0.717) is 17.9 Å². The molecule has 0 heterocycles. The summed E-state index contributed by atoms with van der Waals surface area (Å²) in [7, 11) is 1.57. The van der Waals surface area contributed by atoms with Gasteiger partial charge in [-0.1, -0.05) is 42.5 Å². The molecule has 0 saturated heterocycles. The Morgan fingerprint density at radius 1 is 1.04 bits per heavy atom. The molecule has 0 spiro atoms. The lowest BCUT2D eigenvalue weighted by molar-refractivity contribution is -0.151. The van der Waals surface area contributed by atoms with Gasteiger partial charge in [-0.05, 0) is 30.7 Å². The van der Waals surface area contributed by atoms with Crippen molar-refractivity contribution in [2.24, 2.45) is 0 Å². The van der Waals surface area contributed by atoms with Gasteiger partial charge < -0.3 is 14.8 Å². The number of ether oxygens (including phenoxy) is 2. The SMILES string of the molecule is CCNC(=O)NC(=O)[C@@H](OC(=O)/C=C/c1ccc(OC)cc1)c1ccccc1. The minimum absolute atomic E-state index is 0.361. The first kappa shape index (κ1) is 20.7. The molecule has 2 aromatic carbocycles. The number of methoxy groups -OCH3 is 1. The minimum Gasteiger partial charge on any atom is -0.497 e. The van der Waals surface area contributed by atoms with Gasteiger partial charge in [0, 0.05) is 18.2 Å². The van der Waals surface area contributed by atoms with Gasteiger partial charge in [0.05, 0.1) is 7.11 Å². The van der Waals surface area contributed by atoms with Crippen molar-refractivity contribution in [2.75, 3.05) is 13.7 Å². The summed E-state index contributed by atoms with van der Waals surface area (Å²) in [5.41, 5.74) is 1.22. The molecule has 2 rings (SSSR count). The Hall–Kier alpha value is -3.61. The first-order valence-corrected chi connectivity index (χ1v) is 8.70. The van der Waals surface area contributed by atoms with Crippen LogP contribution in [0.5, 0.6) is 5.75 Å². The van der Waals surface area contributed by atoms with Crippen molar-refractivity contribution in [1.82, 2.24) is 10.6 Å². The summed E-state index contributed by atoms with van der Waals surface area (Å²) in [6.07, 6.45) is 1.53. The predicted molar refractivity (Wildman–Crippen MR) is 105 cm³/mol. The van der Waals surface area contributed by atoms with Crippen LogP contribution in [0.25, 0.3) is 6.08 Å². The maximum absolute atomic E-state index is 12.4. The molecule has 146 valence electrons. The second-order valence-corrected chi connectivity index (χ2v) is 5.68. The van der Waals surface area contributed by atoms with Gasteiger partial charge in [-0.2, -0.15) is 0 Å². The van der Waals surface area contributed by atoms with Crippen LogP contribution in [0.15, 0.2) is 60.7 Å². The highest BCUT2D eigenvalue weighted by atomic mass is 16.5. The van der Waals surface area contributed by atoms with Gasteiger partial charge in [-0.15, -0.1) is 0 Å². The molecule has 0 aliphatic rings. The molecular weight excluding hydrogens is 360 g/mol. The van der Waals surface area contributed by atoms with Crippen molar-refractivity contribution in [3.8, 4) is 5.75 Å². The average molecular weight is 382 g/mol. The highest BCUT2D eigenvalue weighted by Gasteiger charge is 2.25. The van der Waals surface area contributed by atoms with Crippen molar-refractivity contribution in [2.45, 2.75) is 13.0 Å². The Kier molecular flexibility index (Phi) is 7.77. The van der Waals surface area contributed by atoms with E-state index < -0.39 is 24.0 Å². The van der Waals surface area contributed by atoms with Crippen LogP contribution in [0, 0.1) is 0 Å². The Bertz CT molecular complexity index is 832. The lowest BCUT2D eigenvalue weighted by atomic mass is 10.1. The number of esters is 1. The number of urea groups is 1. The molecule has 0 saturated carbocycles. The van der Waals surface area contributed by atoms with E-state index in [1.54, 1.807) is 74.7 Å². The van der Waals surface area contributed by atoms with Crippen molar-refractivity contribution in [3.05, 3.63) is 71.8 Å². The Morgan fingerprint density at radius 2 is 1.71 bits per heavy atom. The third-order valence-corrected chi connectivity index (χ3v) is 3.68. The van der Waals surface area contributed by atoms with E-state index in [0.717, 1.165) is 5.56 Å². The van der Waals surface area contributed by atoms with Crippen LogP contribution in [0.1, 0.15) is 24.2 Å². The third-order valence-electron chi connectivity index (χ3n) is 3.68. The van der Waals surface area contributed by atoms with Crippen molar-refractivity contribution in [1.29, 1.82) is 0 Å². The number of carbonyl (C=O) groups is 3. The zero-order valence-electron chi connectivity index (χ0n) is 15.7. The van der Waals surface area contributed by atoms with E-state index in [1.165, 1.54) is 6.08 Å². The summed E-state index contributed by atoms with van der Waals surface area (Å²) < 4.78 is 10.4. The maximum Gasteiger partial charge on any atom is 0.331 e. The van der Waals surface area contributed by atoms with E-state index in [1.807, 2.05) is 0 Å². The van der Waals surface area contributed by atoms with Crippen LogP contribution in [0.4, 0.5) is 4.79 Å². The normalized spacial score (nSPS) is 11.5. The van der Waals surface area contributed by atoms with Gasteiger partial charge in [0.15, 0.2) is 0 Å². The minimum atomic E-state index is -1.25. The van der Waals surface area contributed by atoms with Crippen molar-refractivity contribution in [3.63, 3.8) is 0 Å². The van der Waals surface area contributed by atoms with Gasteiger partial charge >= 0.3 is 12.0 Å². The summed E-state index contributed by atoms with van der Waals surface area (Å²) in [5, 5.41) is 4.62. The number of nitrogens with one attached hydrogen (secondary N) is 2. The lowest BCUT2D eigenvalue weighted by Gasteiger charge is -2.16. The van der Waals surface area contributed by atoms with Crippen LogP contribution in [0.2, 0.25) is 0 Å². The van der Waals surface area contributed by atoms with E-state index in [4.69, 9.17) is 9.47 Å². The van der Waals surface area contributed by atoms with Gasteiger partial charge in [0.25, 0.3) is 5.91 Å². The summed E-state index contributed by atoms with van der Waals surface area (Å²) in [5.74, 6) is -0.745. The van der Waals surface area contributed by atoms with Gasteiger partial charge in [-0.25, -0.2) is 9.59 Å². The number of imide groups is 1. The fourth-order valence-electron chi connectivity index (χ4n) is 2.32. The van der Waals surface area contributed by atoms with Crippen LogP contribution in [-0.4, -0.2) is 31.6 Å². The first-order valence-electron chi connectivity index (χ1n) is 8.70. The maximum atomic E-state index is 12.4. The highest BCUT2D eigenvalue weighted by molar-refractivity contribution is 5.98. The molecule has 0 fully saturated rings. The van der Waals surface area contributed by atoms with Crippen LogP contribution in [-0.2, 0) is 14.3 Å². The molecule has 0 aromatic heterocycles. The monoisotopic (exact) mass is 382 g/mol. The number of hydrogen-bond donors (Lipinski definition) is 2. The number of hydrogen-bond acceptors (Lipinski definition) is 5. The summed E-state index contributed by atoms with van der Waals surface area (Å²) >= 11 is 0. The van der Waals surface area contributed by atoms with Gasteiger partial charge in [-0.3, -0.25) is 10.1 Å². The molecule has 3 amide bonds. The van der Waals surface area contributed by atoms with E-state index in [9.17, 15) is 14.4 Å². The Balaban J connectivity index is 2.10. The highest BCUT2D eigenvalue weighted by Crippen LogP contribution is 2.18. The molecule has 7 heteroatoms. The third kappa shape index (κ3) is 6.28. The van der Waals surface area contributed by atoms with E-state index in [2.05, 4.69) is 10.6 Å². The summed E-state index contributed by atoms with van der Waals surface area (Å²) in [6, 6.07) is 14.9. The van der Waals surface area contributed by atoms with Crippen LogP contribution < -0.4 is 15.4 Å². The summed E-state index contributed by atoms with van der Waals surface area (Å²) in [6.45, 7) is 2.09. The number of amides is 3. The van der Waals surface area contributed by atoms with Crippen LogP contribution >= 0.6 is 0 Å². The van der Waals surface area contributed by atoms with E-state index in [-0.39, 0.29) is 0 Å². The second-order valence-electron chi connectivity index (χ2n) is 5.68. The zero-order chi connectivity index (χ0) is 20.4. The molecule has 1 atom stereocenters. The number of benzene rings is 2. The Labute approximate surface area is 163 Å². The molecule has 0 bridgehead atoms. The lowest BCUT2D eigenvalue weighted by Crippen LogP contribution is -2.42. The standard InChI is InChI=1S/C21H22N2O5/c1-3-22-21(26)23-20(25)19(16-7-5-4-6-8-16)28-18(24)14-11-15-9-12-17(27-2)13-10-15/h4-14,19H,3H2,1-2H3,(H2,22,23,25,26)/b14-11+/t19-/m0/s1. The molecule has 0 unspecified atom stereocenters. The fourth-order valence-corrected chi connectivity index (χ4v) is 2.32. The predicted octanol–water partition coefficient (Wildman–Crippen LogP) is 2.84. The van der Waals surface area contributed by atoms with Crippen molar-refractivity contribution >= 4 is 24.0 Å². The molecular formula is C21H22N2O5. The fraction of sp³-hybridized carbons (Fsp3) is 0.190. The largest absolute Gasteiger partial charge is 0.497 e. The zero-order valence-corrected chi connectivity index (χ0v) is 15.7. The van der Waals surface area contributed by atoms with E-state index >= 15 is 0 Å². The average Bonchev–Trinajstić information content (AvgIpc) is 2.71. The Morgan fingerprint density at radius 3 is 2.32 bits per heavy atom. The molecule has 2 aromatic rings. The molecule has 7 nitrogen and oxygen atoms in total. The van der Waals surface area contributed by atoms with Crippen LogP contribution in [0.3, 0.4) is 0 Å². The smallest absolute Gasteiger partial charge is 0.331 e.